The van der Waals surface area contributed by atoms with Gasteiger partial charge >= 0.3 is 0 Å². The van der Waals surface area contributed by atoms with Gasteiger partial charge in [-0.3, -0.25) is 14.7 Å². The summed E-state index contributed by atoms with van der Waals surface area (Å²) in [5.41, 5.74) is 2.50. The maximum Gasteiger partial charge on any atom is 0.274 e. The van der Waals surface area contributed by atoms with Gasteiger partial charge in [-0.1, -0.05) is 30.3 Å². The zero-order valence-corrected chi connectivity index (χ0v) is 17.2. The summed E-state index contributed by atoms with van der Waals surface area (Å²) in [5, 5.41) is 0. The van der Waals surface area contributed by atoms with E-state index in [4.69, 9.17) is 4.74 Å². The number of hydrogen-bond donors (Lipinski definition) is 0. The average Bonchev–Trinajstić information content (AvgIpc) is 3.23. The Hall–Kier alpha value is -2.31. The summed E-state index contributed by atoms with van der Waals surface area (Å²) >= 11 is 0. The van der Waals surface area contributed by atoms with Gasteiger partial charge in [-0.15, -0.1) is 0 Å². The van der Waals surface area contributed by atoms with Crippen molar-refractivity contribution in [3.63, 3.8) is 0 Å². The van der Waals surface area contributed by atoms with Crippen LogP contribution in [0.4, 0.5) is 0 Å². The van der Waals surface area contributed by atoms with Crippen molar-refractivity contribution in [2.24, 2.45) is 0 Å². The van der Waals surface area contributed by atoms with E-state index >= 15 is 0 Å². The molecule has 3 heterocycles. The molecule has 2 aliphatic rings. The molecule has 154 valence electrons. The summed E-state index contributed by atoms with van der Waals surface area (Å²) < 4.78 is 6.03. The molecule has 29 heavy (non-hydrogen) atoms. The maximum atomic E-state index is 12.7. The molecule has 0 N–H and O–H groups in total. The van der Waals surface area contributed by atoms with Gasteiger partial charge in [0.15, 0.2) is 0 Å². The number of carbonyl (C=O) groups is 1. The molecule has 6 heteroatoms. The minimum absolute atomic E-state index is 0.000108. The number of benzene rings is 1. The van der Waals surface area contributed by atoms with Crippen molar-refractivity contribution < 1.29 is 9.53 Å². The number of nitrogens with zero attached hydrogens (tertiary/aromatic N) is 4. The predicted octanol–water partition coefficient (Wildman–Crippen LogP) is 3.07. The van der Waals surface area contributed by atoms with Gasteiger partial charge in [-0.05, 0) is 44.7 Å². The molecular weight excluding hydrogens is 364 g/mol. The van der Waals surface area contributed by atoms with Crippen molar-refractivity contribution in [1.29, 1.82) is 0 Å². The first-order chi connectivity index (χ1) is 14.2. The molecule has 2 aromatic rings. The first-order valence-corrected chi connectivity index (χ1v) is 10.7. The van der Waals surface area contributed by atoms with Crippen LogP contribution in [0, 0.1) is 6.92 Å². The Balaban J connectivity index is 1.26. The van der Waals surface area contributed by atoms with Gasteiger partial charge in [-0.2, -0.15) is 0 Å². The Morgan fingerprint density at radius 2 is 1.86 bits per heavy atom. The zero-order chi connectivity index (χ0) is 20.1. The molecule has 2 fully saturated rings. The monoisotopic (exact) mass is 394 g/mol. The van der Waals surface area contributed by atoms with E-state index in [9.17, 15) is 4.79 Å². The maximum absolute atomic E-state index is 12.7. The van der Waals surface area contributed by atoms with Crippen molar-refractivity contribution in [3.8, 4) is 0 Å². The third-order valence-electron chi connectivity index (χ3n) is 6.07. The van der Waals surface area contributed by atoms with Crippen LogP contribution in [0.1, 0.15) is 47.4 Å². The standard InChI is InChI=1S/C23H30N4O2/c1-18-14-25-22(15-24-18)23(28)26-12-9-20(10-13-26)27-11-5-8-21(27)17-29-16-19-6-3-2-4-7-19/h2-4,6-7,14-15,20-21H,5,8-13,16-17H2,1H3. The Bertz CT molecular complexity index is 788. The minimum atomic E-state index is 0.000108. The molecule has 0 spiro atoms. The van der Waals surface area contributed by atoms with Gasteiger partial charge in [0, 0.05) is 31.4 Å². The lowest BCUT2D eigenvalue weighted by molar-refractivity contribution is 0.0313. The molecule has 0 aliphatic carbocycles. The summed E-state index contributed by atoms with van der Waals surface area (Å²) in [4.78, 5) is 25.7. The number of likely N-dealkylation sites (tertiary alicyclic amines) is 2. The van der Waals surface area contributed by atoms with Crippen LogP contribution < -0.4 is 0 Å². The van der Waals surface area contributed by atoms with Crippen molar-refractivity contribution in [3.05, 3.63) is 59.7 Å². The van der Waals surface area contributed by atoms with Gasteiger partial charge in [0.25, 0.3) is 5.91 Å². The van der Waals surface area contributed by atoms with Crippen molar-refractivity contribution in [2.45, 2.75) is 51.3 Å². The SMILES string of the molecule is Cc1cnc(C(=O)N2CCC(N3CCCC3COCc3ccccc3)CC2)cn1. The smallest absolute Gasteiger partial charge is 0.274 e. The number of aryl methyl sites for hydroxylation is 1. The van der Waals surface area contributed by atoms with Crippen LogP contribution in [0.3, 0.4) is 0 Å². The number of piperidine rings is 1. The van der Waals surface area contributed by atoms with Crippen LogP contribution in [0.2, 0.25) is 0 Å². The molecule has 0 bridgehead atoms. The van der Waals surface area contributed by atoms with E-state index in [0.29, 0.717) is 24.4 Å². The summed E-state index contributed by atoms with van der Waals surface area (Å²) in [5.74, 6) is 0.000108. The fraction of sp³-hybridized carbons (Fsp3) is 0.522. The van der Waals surface area contributed by atoms with Crippen LogP contribution in [0.25, 0.3) is 0 Å². The third-order valence-corrected chi connectivity index (χ3v) is 6.07. The van der Waals surface area contributed by atoms with E-state index in [0.717, 1.165) is 44.8 Å². The van der Waals surface area contributed by atoms with Gasteiger partial charge < -0.3 is 9.64 Å². The van der Waals surface area contributed by atoms with E-state index in [1.807, 2.05) is 17.9 Å². The number of aromatic nitrogens is 2. The van der Waals surface area contributed by atoms with Gasteiger partial charge in [0.05, 0.1) is 25.1 Å². The second kappa shape index (κ2) is 9.46. The van der Waals surface area contributed by atoms with Crippen molar-refractivity contribution >= 4 is 5.91 Å². The molecule has 1 unspecified atom stereocenters. The van der Waals surface area contributed by atoms with E-state index < -0.39 is 0 Å². The quantitative estimate of drug-likeness (QED) is 0.754. The molecule has 6 nitrogen and oxygen atoms in total. The van der Waals surface area contributed by atoms with E-state index in [1.165, 1.54) is 18.4 Å². The highest BCUT2D eigenvalue weighted by molar-refractivity contribution is 5.92. The number of hydrogen-bond acceptors (Lipinski definition) is 5. The first-order valence-electron chi connectivity index (χ1n) is 10.7. The van der Waals surface area contributed by atoms with E-state index in [2.05, 4.69) is 39.1 Å². The van der Waals surface area contributed by atoms with Crippen molar-refractivity contribution in [1.82, 2.24) is 19.8 Å². The molecule has 0 radical (unpaired) electrons. The van der Waals surface area contributed by atoms with E-state index in [-0.39, 0.29) is 5.91 Å². The average molecular weight is 395 g/mol. The second-order valence-electron chi connectivity index (χ2n) is 8.10. The molecule has 1 aromatic carbocycles. The van der Waals surface area contributed by atoms with Gasteiger partial charge in [0.1, 0.15) is 5.69 Å². The molecular formula is C23H30N4O2. The summed E-state index contributed by atoms with van der Waals surface area (Å²) in [7, 11) is 0. The minimum Gasteiger partial charge on any atom is -0.375 e. The van der Waals surface area contributed by atoms with Crippen LogP contribution in [0.5, 0.6) is 0 Å². The highest BCUT2D eigenvalue weighted by atomic mass is 16.5. The first kappa shape index (κ1) is 20.0. The lowest BCUT2D eigenvalue weighted by Crippen LogP contribution is -2.49. The molecule has 1 atom stereocenters. The molecule has 1 amide bonds. The lowest BCUT2D eigenvalue weighted by Gasteiger charge is -2.39. The Morgan fingerprint density at radius 1 is 1.07 bits per heavy atom. The Morgan fingerprint density at radius 3 is 2.59 bits per heavy atom. The summed E-state index contributed by atoms with van der Waals surface area (Å²) in [6.45, 7) is 6.05. The second-order valence-corrected chi connectivity index (χ2v) is 8.10. The largest absolute Gasteiger partial charge is 0.375 e. The summed E-state index contributed by atoms with van der Waals surface area (Å²) in [6.07, 6.45) is 7.71. The highest BCUT2D eigenvalue weighted by Crippen LogP contribution is 2.27. The van der Waals surface area contributed by atoms with Crippen LogP contribution in [0.15, 0.2) is 42.7 Å². The van der Waals surface area contributed by atoms with E-state index in [1.54, 1.807) is 12.4 Å². The molecule has 0 saturated carbocycles. The molecule has 4 rings (SSSR count). The third kappa shape index (κ3) is 5.00. The fourth-order valence-electron chi connectivity index (χ4n) is 4.47. The van der Waals surface area contributed by atoms with Gasteiger partial charge in [-0.25, -0.2) is 4.98 Å². The number of ether oxygens (including phenoxy) is 1. The van der Waals surface area contributed by atoms with Crippen LogP contribution >= 0.6 is 0 Å². The summed E-state index contributed by atoms with van der Waals surface area (Å²) in [6, 6.07) is 11.4. The molecule has 1 aromatic heterocycles. The topological polar surface area (TPSA) is 58.6 Å². The zero-order valence-electron chi connectivity index (χ0n) is 17.2. The normalized spacial score (nSPS) is 20.9. The highest BCUT2D eigenvalue weighted by Gasteiger charge is 2.34. The lowest BCUT2D eigenvalue weighted by atomic mass is 10.0. The van der Waals surface area contributed by atoms with Crippen LogP contribution in [-0.4, -0.2) is 64.0 Å². The number of amides is 1. The Kier molecular flexibility index (Phi) is 6.52. The Labute approximate surface area is 172 Å². The van der Waals surface area contributed by atoms with Crippen LogP contribution in [-0.2, 0) is 11.3 Å². The number of rotatable bonds is 6. The van der Waals surface area contributed by atoms with Gasteiger partial charge in [0.2, 0.25) is 0 Å². The molecule has 2 saturated heterocycles. The van der Waals surface area contributed by atoms with Crippen molar-refractivity contribution in [2.75, 3.05) is 26.2 Å². The predicted molar refractivity (Wildman–Crippen MR) is 112 cm³/mol. The fourth-order valence-corrected chi connectivity index (χ4v) is 4.47. The molecule has 2 aliphatic heterocycles. The number of carbonyl (C=O) groups excluding carboxylic acids is 1.